The van der Waals surface area contributed by atoms with E-state index < -0.39 is 0 Å². The maximum absolute atomic E-state index is 2.40. The topological polar surface area (TPSA) is 3.88 Å². The van der Waals surface area contributed by atoms with E-state index in [1.165, 1.54) is 33.8 Å². The van der Waals surface area contributed by atoms with E-state index in [9.17, 15) is 0 Å². The molecule has 4 aromatic rings. The fourth-order valence-electron chi connectivity index (χ4n) is 3.53. The van der Waals surface area contributed by atoms with Gasteiger partial charge in [-0.25, -0.2) is 0 Å². The van der Waals surface area contributed by atoms with Gasteiger partial charge in [0, 0.05) is 35.7 Å². The van der Waals surface area contributed by atoms with Crippen LogP contribution in [0.15, 0.2) is 103 Å². The van der Waals surface area contributed by atoms with Gasteiger partial charge in [-0.05, 0) is 23.3 Å². The minimum Gasteiger partial charge on any atom is -0.157 e. The van der Waals surface area contributed by atoms with E-state index in [-0.39, 0.29) is 0 Å². The second-order valence-corrected chi connectivity index (χ2v) is 7.11. The molecule has 1 aromatic heterocycles. The van der Waals surface area contributed by atoms with Crippen LogP contribution in [0.1, 0.15) is 25.5 Å². The zero-order chi connectivity index (χ0) is 18.6. The molecule has 0 saturated carbocycles. The summed E-state index contributed by atoms with van der Waals surface area (Å²) < 4.78 is 2.40. The maximum Gasteiger partial charge on any atom is 0.219 e. The van der Waals surface area contributed by atoms with Crippen LogP contribution in [-0.2, 0) is 0 Å². The first-order valence-corrected chi connectivity index (χ1v) is 9.50. The summed E-state index contributed by atoms with van der Waals surface area (Å²) in [5, 5.41) is 0. The van der Waals surface area contributed by atoms with Crippen LogP contribution >= 0.6 is 0 Å². The first kappa shape index (κ1) is 17.2. The van der Waals surface area contributed by atoms with Gasteiger partial charge in [-0.3, -0.25) is 0 Å². The normalized spacial score (nSPS) is 10.9. The Morgan fingerprint density at radius 2 is 1.07 bits per heavy atom. The molecule has 27 heavy (non-hydrogen) atoms. The van der Waals surface area contributed by atoms with Gasteiger partial charge in [-0.1, -0.05) is 80.6 Å². The molecule has 0 spiro atoms. The first-order valence-electron chi connectivity index (χ1n) is 9.50. The number of nitrogens with zero attached hydrogens (tertiary/aromatic N) is 1. The van der Waals surface area contributed by atoms with Crippen LogP contribution in [0.2, 0.25) is 0 Å². The highest BCUT2D eigenvalue weighted by Gasteiger charge is 2.25. The summed E-state index contributed by atoms with van der Waals surface area (Å²) in [4.78, 5) is 0. The van der Waals surface area contributed by atoms with Crippen molar-refractivity contribution in [3.8, 4) is 28.1 Å². The SMILES string of the molecule is CC(C)c1cc(-c2ccccc2)cc(-c2ccccc2)[n+]1-c1ccccc1. The highest BCUT2D eigenvalue weighted by molar-refractivity contribution is 5.69. The van der Waals surface area contributed by atoms with Crippen LogP contribution in [0.3, 0.4) is 0 Å². The van der Waals surface area contributed by atoms with Crippen molar-refractivity contribution in [1.29, 1.82) is 0 Å². The van der Waals surface area contributed by atoms with Gasteiger partial charge in [-0.2, -0.15) is 4.57 Å². The lowest BCUT2D eigenvalue weighted by Gasteiger charge is -2.14. The van der Waals surface area contributed by atoms with Gasteiger partial charge in [0.05, 0.1) is 0 Å². The van der Waals surface area contributed by atoms with Gasteiger partial charge in [-0.15, -0.1) is 0 Å². The smallest absolute Gasteiger partial charge is 0.157 e. The number of benzene rings is 3. The van der Waals surface area contributed by atoms with Crippen LogP contribution in [0.5, 0.6) is 0 Å². The largest absolute Gasteiger partial charge is 0.219 e. The number of hydrogen-bond donors (Lipinski definition) is 0. The van der Waals surface area contributed by atoms with Crippen molar-refractivity contribution >= 4 is 0 Å². The summed E-state index contributed by atoms with van der Waals surface area (Å²) in [5.74, 6) is 0.399. The van der Waals surface area contributed by atoms with Crippen molar-refractivity contribution < 1.29 is 4.57 Å². The fraction of sp³-hybridized carbons (Fsp3) is 0.115. The van der Waals surface area contributed by atoms with Gasteiger partial charge in [0.15, 0.2) is 5.69 Å². The number of hydrogen-bond acceptors (Lipinski definition) is 0. The molecule has 0 saturated heterocycles. The average molecular weight is 350 g/mol. The molecule has 0 aliphatic carbocycles. The molecule has 0 fully saturated rings. The molecule has 1 heteroatoms. The van der Waals surface area contributed by atoms with Crippen molar-refractivity contribution in [2.45, 2.75) is 19.8 Å². The number of rotatable bonds is 4. The Hall–Kier alpha value is -3.19. The van der Waals surface area contributed by atoms with Crippen LogP contribution in [-0.4, -0.2) is 0 Å². The minimum atomic E-state index is 0.399. The molecule has 1 heterocycles. The third-order valence-corrected chi connectivity index (χ3v) is 4.88. The van der Waals surface area contributed by atoms with Crippen LogP contribution in [0.4, 0.5) is 0 Å². The predicted octanol–water partition coefficient (Wildman–Crippen LogP) is 6.42. The zero-order valence-corrected chi connectivity index (χ0v) is 15.8. The number of pyridine rings is 1. The van der Waals surface area contributed by atoms with E-state index in [0.717, 1.165) is 0 Å². The van der Waals surface area contributed by atoms with E-state index in [0.29, 0.717) is 5.92 Å². The standard InChI is InChI=1S/C26H24N/c1-20(2)25-18-23(21-12-6-3-7-13-21)19-26(22-14-8-4-9-15-22)27(25)24-16-10-5-11-17-24/h3-20H,1-2H3/q+1. The van der Waals surface area contributed by atoms with Crippen molar-refractivity contribution in [3.63, 3.8) is 0 Å². The van der Waals surface area contributed by atoms with Crippen LogP contribution < -0.4 is 4.57 Å². The van der Waals surface area contributed by atoms with E-state index in [1.807, 2.05) is 0 Å². The lowest BCUT2D eigenvalue weighted by Crippen LogP contribution is -2.39. The zero-order valence-electron chi connectivity index (χ0n) is 15.8. The molecule has 0 bridgehead atoms. The fourth-order valence-corrected chi connectivity index (χ4v) is 3.53. The summed E-state index contributed by atoms with van der Waals surface area (Å²) in [6.45, 7) is 4.52. The summed E-state index contributed by atoms with van der Waals surface area (Å²) in [6, 6.07) is 36.6. The van der Waals surface area contributed by atoms with E-state index in [4.69, 9.17) is 0 Å². The molecular weight excluding hydrogens is 326 g/mol. The molecule has 0 radical (unpaired) electrons. The van der Waals surface area contributed by atoms with Crippen molar-refractivity contribution in [2.75, 3.05) is 0 Å². The molecule has 1 nitrogen and oxygen atoms in total. The van der Waals surface area contributed by atoms with Crippen LogP contribution in [0.25, 0.3) is 28.1 Å². The van der Waals surface area contributed by atoms with Crippen molar-refractivity contribution in [1.82, 2.24) is 0 Å². The highest BCUT2D eigenvalue weighted by atomic mass is 15.0. The Bertz CT molecular complexity index is 1020. The molecule has 0 amide bonds. The number of para-hydroxylation sites is 1. The van der Waals surface area contributed by atoms with Gasteiger partial charge < -0.3 is 0 Å². The van der Waals surface area contributed by atoms with Gasteiger partial charge >= 0.3 is 0 Å². The van der Waals surface area contributed by atoms with Crippen molar-refractivity contribution in [2.24, 2.45) is 0 Å². The predicted molar refractivity (Wildman–Crippen MR) is 113 cm³/mol. The number of aromatic nitrogens is 1. The quantitative estimate of drug-likeness (QED) is 0.374. The Morgan fingerprint density at radius 3 is 1.63 bits per heavy atom. The first-order chi connectivity index (χ1) is 13.2. The monoisotopic (exact) mass is 350 g/mol. The van der Waals surface area contributed by atoms with Crippen molar-refractivity contribution in [3.05, 3.63) is 109 Å². The molecule has 0 aliphatic heterocycles. The molecule has 132 valence electrons. The molecule has 3 aromatic carbocycles. The maximum atomic E-state index is 2.40. The third kappa shape index (κ3) is 3.54. The second kappa shape index (κ2) is 7.59. The molecule has 0 unspecified atom stereocenters. The summed E-state index contributed by atoms with van der Waals surface area (Å²) >= 11 is 0. The average Bonchev–Trinajstić information content (AvgIpc) is 2.74. The Morgan fingerprint density at radius 1 is 0.556 bits per heavy atom. The lowest BCUT2D eigenvalue weighted by molar-refractivity contribution is -0.594. The van der Waals surface area contributed by atoms with E-state index in [1.54, 1.807) is 0 Å². The Balaban J connectivity index is 2.05. The summed E-state index contributed by atoms with van der Waals surface area (Å²) in [6.07, 6.45) is 0. The molecule has 0 aliphatic rings. The van der Waals surface area contributed by atoms with Gasteiger partial charge in [0.25, 0.3) is 0 Å². The highest BCUT2D eigenvalue weighted by Crippen LogP contribution is 2.28. The molecule has 0 atom stereocenters. The van der Waals surface area contributed by atoms with E-state index in [2.05, 4.69) is 122 Å². The second-order valence-electron chi connectivity index (χ2n) is 7.11. The Labute approximate surface area is 161 Å². The van der Waals surface area contributed by atoms with Crippen LogP contribution in [0, 0.1) is 0 Å². The Kier molecular flexibility index (Phi) is 4.84. The summed E-state index contributed by atoms with van der Waals surface area (Å²) in [7, 11) is 0. The molecule has 4 rings (SSSR count). The summed E-state index contributed by atoms with van der Waals surface area (Å²) in [5.41, 5.74) is 7.44. The van der Waals surface area contributed by atoms with E-state index >= 15 is 0 Å². The van der Waals surface area contributed by atoms with Gasteiger partial charge in [0.1, 0.15) is 0 Å². The minimum absolute atomic E-state index is 0.399. The van der Waals surface area contributed by atoms with Gasteiger partial charge in [0.2, 0.25) is 11.4 Å². The third-order valence-electron chi connectivity index (χ3n) is 4.88. The lowest BCUT2D eigenvalue weighted by atomic mass is 9.97. The molecular formula is C26H24N+. The molecule has 0 N–H and O–H groups in total.